The summed E-state index contributed by atoms with van der Waals surface area (Å²) in [6, 6.07) is 0.585. The van der Waals surface area contributed by atoms with Gasteiger partial charge in [0, 0.05) is 31.1 Å². The van der Waals surface area contributed by atoms with E-state index in [2.05, 4.69) is 30.6 Å². The molecule has 6 rings (SSSR count). The molecule has 0 aromatic carbocycles. The van der Waals surface area contributed by atoms with Crippen molar-refractivity contribution in [3.63, 3.8) is 0 Å². The number of halogens is 6. The topological polar surface area (TPSA) is 123 Å². The first kappa shape index (κ1) is 31.3. The Hall–Kier alpha value is -3.66. The van der Waals surface area contributed by atoms with Gasteiger partial charge < -0.3 is 25.8 Å². The molecule has 3 aliphatic rings. The van der Waals surface area contributed by atoms with Crippen LogP contribution < -0.4 is 25.8 Å². The Morgan fingerprint density at radius 3 is 2.69 bits per heavy atom. The summed E-state index contributed by atoms with van der Waals surface area (Å²) in [6.07, 6.45) is -4.11. The average molecular weight is 641 g/mol. The zero-order valence-corrected chi connectivity index (χ0v) is 25.0. The first-order chi connectivity index (χ1) is 21.2. The molecule has 3 aromatic heterocycles. The maximum absolute atomic E-state index is 16.6. The number of nitrogens with zero attached hydrogens (tertiary/aromatic N) is 5. The van der Waals surface area contributed by atoms with Crippen LogP contribution in [0.4, 0.5) is 38.0 Å². The van der Waals surface area contributed by atoms with Crippen LogP contribution in [0.3, 0.4) is 0 Å². The zero-order valence-electron chi connectivity index (χ0n) is 25.0. The number of rotatable bonds is 4. The molecule has 0 aliphatic carbocycles. The molecule has 3 aliphatic heterocycles. The number of nitrogens with two attached hydrogens (primary N) is 1. The Bertz CT molecular complexity index is 1620. The Labute approximate surface area is 255 Å². The third kappa shape index (κ3) is 6.01. The van der Waals surface area contributed by atoms with Gasteiger partial charge >= 0.3 is 12.2 Å². The molecule has 45 heavy (non-hydrogen) atoms. The van der Waals surface area contributed by atoms with Crippen molar-refractivity contribution in [2.45, 2.75) is 76.2 Å². The minimum Gasteiger partial charge on any atom is -0.474 e. The SMILES string of the molecule is Cc1nc(N)cc(-c2nc3c4c(nc(OC[C@]56CCCN5CC(F)(F)C6)nc4c2F)NCCNC(C)C[C@H](C)O3)c1C(F)(F)F. The maximum atomic E-state index is 16.6. The van der Waals surface area contributed by atoms with E-state index in [0.29, 0.717) is 32.5 Å². The number of ether oxygens (including phenoxy) is 2. The third-order valence-electron chi connectivity index (χ3n) is 8.62. The number of nitrogen functional groups attached to an aromatic ring is 1. The van der Waals surface area contributed by atoms with Crippen LogP contribution in [0.25, 0.3) is 22.2 Å². The second-order valence-corrected chi connectivity index (χ2v) is 12.2. The lowest BCUT2D eigenvalue weighted by Gasteiger charge is -2.30. The van der Waals surface area contributed by atoms with Gasteiger partial charge in [-0.05, 0) is 52.6 Å². The van der Waals surface area contributed by atoms with Crippen molar-refractivity contribution in [3.8, 4) is 23.1 Å². The van der Waals surface area contributed by atoms with Crippen molar-refractivity contribution in [3.05, 3.63) is 23.1 Å². The van der Waals surface area contributed by atoms with Gasteiger partial charge in [-0.2, -0.15) is 23.1 Å². The number of anilines is 2. The average Bonchev–Trinajstić information content (AvgIpc) is 3.40. The number of aryl methyl sites for hydroxylation is 1. The molecule has 3 atom stereocenters. The summed E-state index contributed by atoms with van der Waals surface area (Å²) in [5.41, 5.74) is 1.49. The van der Waals surface area contributed by atoms with E-state index in [9.17, 15) is 22.0 Å². The fourth-order valence-electron chi connectivity index (χ4n) is 6.81. The highest BCUT2D eigenvalue weighted by molar-refractivity contribution is 5.96. The lowest BCUT2D eigenvalue weighted by molar-refractivity contribution is -0.137. The van der Waals surface area contributed by atoms with E-state index in [0.717, 1.165) is 19.4 Å². The quantitative estimate of drug-likeness (QED) is 0.338. The molecule has 0 spiro atoms. The molecule has 2 fully saturated rings. The highest BCUT2D eigenvalue weighted by Gasteiger charge is 2.57. The number of fused-ring (bicyclic) bond motifs is 1. The van der Waals surface area contributed by atoms with E-state index in [-0.39, 0.29) is 48.1 Å². The molecule has 2 saturated heterocycles. The number of nitrogens with one attached hydrogen (secondary N) is 2. The summed E-state index contributed by atoms with van der Waals surface area (Å²) < 4.78 is 100. The molecular formula is C29H34F6N8O2. The van der Waals surface area contributed by atoms with Crippen LogP contribution >= 0.6 is 0 Å². The second kappa shape index (κ2) is 11.3. The predicted octanol–water partition coefficient (Wildman–Crippen LogP) is 4.95. The molecule has 0 saturated carbocycles. The normalized spacial score (nSPS) is 25.4. The monoisotopic (exact) mass is 640 g/mol. The third-order valence-corrected chi connectivity index (χ3v) is 8.62. The van der Waals surface area contributed by atoms with E-state index < -0.39 is 64.0 Å². The van der Waals surface area contributed by atoms with Gasteiger partial charge in [-0.15, -0.1) is 0 Å². The first-order valence-corrected chi connectivity index (χ1v) is 14.8. The molecular weight excluding hydrogens is 606 g/mol. The Morgan fingerprint density at radius 2 is 1.93 bits per heavy atom. The molecule has 0 amide bonds. The molecule has 0 bridgehead atoms. The van der Waals surface area contributed by atoms with Crippen LogP contribution in [0.1, 0.15) is 50.8 Å². The molecule has 0 radical (unpaired) electrons. The van der Waals surface area contributed by atoms with Crippen molar-refractivity contribution in [2.75, 3.05) is 43.8 Å². The van der Waals surface area contributed by atoms with Gasteiger partial charge in [0.2, 0.25) is 5.88 Å². The highest BCUT2D eigenvalue weighted by Crippen LogP contribution is 2.47. The fourth-order valence-corrected chi connectivity index (χ4v) is 6.81. The van der Waals surface area contributed by atoms with Crippen LogP contribution in [-0.4, -0.2) is 81.2 Å². The fraction of sp³-hybridized carbons (Fsp3) is 0.586. The van der Waals surface area contributed by atoms with Crippen LogP contribution in [0.5, 0.6) is 11.9 Å². The van der Waals surface area contributed by atoms with Gasteiger partial charge in [0.15, 0.2) is 5.82 Å². The summed E-state index contributed by atoms with van der Waals surface area (Å²) in [5.74, 6) is -4.45. The van der Waals surface area contributed by atoms with Crippen molar-refractivity contribution in [1.29, 1.82) is 0 Å². The number of pyridine rings is 2. The minimum atomic E-state index is -4.92. The number of alkyl halides is 5. The Morgan fingerprint density at radius 1 is 1.16 bits per heavy atom. The molecule has 6 heterocycles. The Kier molecular flexibility index (Phi) is 7.86. The van der Waals surface area contributed by atoms with Gasteiger partial charge in [-0.1, -0.05) is 0 Å². The van der Waals surface area contributed by atoms with Gasteiger partial charge in [-0.25, -0.2) is 23.1 Å². The lowest BCUT2D eigenvalue weighted by Crippen LogP contribution is -2.43. The largest absolute Gasteiger partial charge is 0.474 e. The zero-order chi connectivity index (χ0) is 32.3. The van der Waals surface area contributed by atoms with Crippen molar-refractivity contribution >= 4 is 22.5 Å². The Balaban J connectivity index is 1.53. The van der Waals surface area contributed by atoms with Crippen molar-refractivity contribution in [2.24, 2.45) is 0 Å². The first-order valence-electron chi connectivity index (χ1n) is 14.8. The predicted molar refractivity (Wildman–Crippen MR) is 154 cm³/mol. The van der Waals surface area contributed by atoms with Gasteiger partial charge in [-0.3, -0.25) is 4.90 Å². The maximum Gasteiger partial charge on any atom is 0.418 e. The van der Waals surface area contributed by atoms with Gasteiger partial charge in [0.1, 0.15) is 34.8 Å². The smallest absolute Gasteiger partial charge is 0.418 e. The van der Waals surface area contributed by atoms with Crippen molar-refractivity contribution < 1.29 is 35.8 Å². The van der Waals surface area contributed by atoms with Crippen LogP contribution in [-0.2, 0) is 6.18 Å². The molecule has 3 aromatic rings. The number of hydrogen-bond acceptors (Lipinski definition) is 10. The highest BCUT2D eigenvalue weighted by atomic mass is 19.4. The van der Waals surface area contributed by atoms with Crippen LogP contribution in [0.2, 0.25) is 0 Å². The molecule has 244 valence electrons. The molecule has 4 N–H and O–H groups in total. The number of hydrogen-bond donors (Lipinski definition) is 3. The lowest BCUT2D eigenvalue weighted by atomic mass is 9.94. The van der Waals surface area contributed by atoms with E-state index in [1.807, 2.05) is 6.92 Å². The van der Waals surface area contributed by atoms with Crippen LogP contribution in [0, 0.1) is 12.7 Å². The van der Waals surface area contributed by atoms with Crippen molar-refractivity contribution in [1.82, 2.24) is 30.2 Å². The molecule has 10 nitrogen and oxygen atoms in total. The summed E-state index contributed by atoms with van der Waals surface area (Å²) in [6.45, 7) is 5.60. The summed E-state index contributed by atoms with van der Waals surface area (Å²) >= 11 is 0. The van der Waals surface area contributed by atoms with E-state index in [1.165, 1.54) is 0 Å². The summed E-state index contributed by atoms with van der Waals surface area (Å²) in [4.78, 5) is 18.4. The van der Waals surface area contributed by atoms with E-state index in [1.54, 1.807) is 11.8 Å². The molecule has 16 heteroatoms. The van der Waals surface area contributed by atoms with Crippen LogP contribution in [0.15, 0.2) is 6.07 Å². The summed E-state index contributed by atoms with van der Waals surface area (Å²) in [5, 5.41) is 6.44. The minimum absolute atomic E-state index is 0.000955. The van der Waals surface area contributed by atoms with E-state index >= 15 is 4.39 Å². The second-order valence-electron chi connectivity index (χ2n) is 12.2. The van der Waals surface area contributed by atoms with E-state index in [4.69, 9.17) is 15.2 Å². The standard InChI is InChI=1S/C29H34F6N8O2/c1-14-9-15(2)45-25-19-23(21(30)22(40-25)17-10-18(36)39-16(3)20(17)29(33,34)35)41-26(42-24(19)38-7-6-37-14)44-13-27-5-4-8-43(27)12-28(31,32)11-27/h10,14-15,37H,4-9,11-13H2,1-3H3,(H2,36,39)(H,38,41,42)/t14?,15-,27+/m0/s1. The van der Waals surface area contributed by atoms with Gasteiger partial charge in [0.25, 0.3) is 5.92 Å². The number of aromatic nitrogens is 4. The molecule has 1 unspecified atom stereocenters. The van der Waals surface area contributed by atoms with Gasteiger partial charge in [0.05, 0.1) is 29.4 Å². The summed E-state index contributed by atoms with van der Waals surface area (Å²) in [7, 11) is 0.